The third kappa shape index (κ3) is 2.58. The maximum absolute atomic E-state index is 13.8. The number of ether oxygens (including phenoxy) is 1. The number of alkyl halides is 3. The van der Waals surface area contributed by atoms with Crippen molar-refractivity contribution in [2.75, 3.05) is 5.32 Å². The van der Waals surface area contributed by atoms with Crippen molar-refractivity contribution in [2.24, 2.45) is 5.92 Å². The van der Waals surface area contributed by atoms with E-state index in [1.54, 1.807) is 6.07 Å². The Morgan fingerprint density at radius 3 is 2.71 bits per heavy atom. The van der Waals surface area contributed by atoms with Crippen LogP contribution in [0.2, 0.25) is 5.02 Å². The Labute approximate surface area is 125 Å². The van der Waals surface area contributed by atoms with Gasteiger partial charge in [-0.3, -0.25) is 0 Å². The number of fused-ring (bicyclic) bond motifs is 1. The van der Waals surface area contributed by atoms with E-state index in [0.29, 0.717) is 5.69 Å². The van der Waals surface area contributed by atoms with E-state index >= 15 is 0 Å². The highest BCUT2D eigenvalue weighted by molar-refractivity contribution is 6.30. The Hall–Kier alpha value is -1.38. The van der Waals surface area contributed by atoms with Gasteiger partial charge in [0, 0.05) is 22.2 Å². The SMILES string of the molecule is C[C@@H]1Nc2ccc(Cl)cc2[C@@](C#CC2CC2)(C(F)(F)F)O1. The van der Waals surface area contributed by atoms with Gasteiger partial charge in [-0.1, -0.05) is 23.4 Å². The number of hydrogen-bond acceptors (Lipinski definition) is 2. The van der Waals surface area contributed by atoms with E-state index < -0.39 is 18.0 Å². The van der Waals surface area contributed by atoms with Crippen LogP contribution in [0.1, 0.15) is 25.3 Å². The minimum absolute atomic E-state index is 0.0423. The van der Waals surface area contributed by atoms with Crippen molar-refractivity contribution in [3.8, 4) is 11.8 Å². The molecule has 2 aliphatic rings. The summed E-state index contributed by atoms with van der Waals surface area (Å²) in [5.41, 5.74) is -2.35. The molecular weight excluding hydrogens is 303 g/mol. The molecule has 0 saturated heterocycles. The minimum Gasteiger partial charge on any atom is -0.360 e. The molecule has 1 aromatic rings. The second kappa shape index (κ2) is 4.82. The number of halogens is 4. The van der Waals surface area contributed by atoms with Gasteiger partial charge >= 0.3 is 6.18 Å². The number of hydrogen-bond donors (Lipinski definition) is 1. The molecule has 0 bridgehead atoms. The summed E-state index contributed by atoms with van der Waals surface area (Å²) >= 11 is 5.87. The Balaban J connectivity index is 2.19. The predicted octanol–water partition coefficient (Wildman–Crippen LogP) is 4.30. The summed E-state index contributed by atoms with van der Waals surface area (Å²) in [4.78, 5) is 0. The summed E-state index contributed by atoms with van der Waals surface area (Å²) in [6.07, 6.45) is -3.76. The maximum Gasteiger partial charge on any atom is 0.433 e. The average Bonchev–Trinajstić information content (AvgIpc) is 3.19. The van der Waals surface area contributed by atoms with Crippen molar-refractivity contribution in [3.63, 3.8) is 0 Å². The second-order valence-electron chi connectivity index (χ2n) is 5.32. The van der Waals surface area contributed by atoms with Crippen LogP contribution in [0.25, 0.3) is 0 Å². The summed E-state index contributed by atoms with van der Waals surface area (Å²) in [6, 6.07) is 4.34. The fourth-order valence-corrected chi connectivity index (χ4v) is 2.50. The molecule has 0 unspecified atom stereocenters. The van der Waals surface area contributed by atoms with Crippen LogP contribution in [0.5, 0.6) is 0 Å². The Kier molecular flexibility index (Phi) is 3.34. The molecule has 2 atom stereocenters. The fourth-order valence-electron chi connectivity index (χ4n) is 2.33. The van der Waals surface area contributed by atoms with E-state index in [4.69, 9.17) is 16.3 Å². The lowest BCUT2D eigenvalue weighted by Crippen LogP contribution is -2.50. The van der Waals surface area contributed by atoms with Crippen LogP contribution in [0.4, 0.5) is 18.9 Å². The van der Waals surface area contributed by atoms with Crippen molar-refractivity contribution in [1.82, 2.24) is 0 Å². The minimum atomic E-state index is -4.65. The monoisotopic (exact) mass is 315 g/mol. The van der Waals surface area contributed by atoms with Gasteiger partial charge in [-0.2, -0.15) is 13.2 Å². The molecule has 3 rings (SSSR count). The van der Waals surface area contributed by atoms with Gasteiger partial charge in [0.05, 0.1) is 0 Å². The normalized spacial score (nSPS) is 28.1. The highest BCUT2D eigenvalue weighted by Gasteiger charge is 2.60. The molecule has 6 heteroatoms. The molecule has 0 aromatic heterocycles. The molecule has 1 aliphatic heterocycles. The molecule has 1 aromatic carbocycles. The smallest absolute Gasteiger partial charge is 0.360 e. The summed E-state index contributed by atoms with van der Waals surface area (Å²) < 4.78 is 46.5. The van der Waals surface area contributed by atoms with Gasteiger partial charge in [-0.15, -0.1) is 0 Å². The average molecular weight is 316 g/mol. The number of anilines is 1. The number of benzene rings is 1. The van der Waals surface area contributed by atoms with E-state index in [0.717, 1.165) is 12.8 Å². The van der Waals surface area contributed by atoms with Crippen LogP contribution in [0, 0.1) is 17.8 Å². The van der Waals surface area contributed by atoms with Gasteiger partial charge in [0.25, 0.3) is 5.60 Å². The van der Waals surface area contributed by atoms with Crippen molar-refractivity contribution < 1.29 is 17.9 Å². The largest absolute Gasteiger partial charge is 0.433 e. The molecule has 1 saturated carbocycles. The molecule has 21 heavy (non-hydrogen) atoms. The van der Waals surface area contributed by atoms with Gasteiger partial charge < -0.3 is 10.1 Å². The molecule has 1 fully saturated rings. The molecule has 112 valence electrons. The fraction of sp³-hybridized carbons (Fsp3) is 0.467. The second-order valence-corrected chi connectivity index (χ2v) is 5.75. The Morgan fingerprint density at radius 2 is 2.10 bits per heavy atom. The lowest BCUT2D eigenvalue weighted by molar-refractivity contribution is -0.270. The molecule has 0 spiro atoms. The molecule has 2 nitrogen and oxygen atoms in total. The van der Waals surface area contributed by atoms with E-state index in [1.165, 1.54) is 19.1 Å². The zero-order chi connectivity index (χ0) is 15.3. The van der Waals surface area contributed by atoms with Crippen LogP contribution in [-0.2, 0) is 10.3 Å². The van der Waals surface area contributed by atoms with Crippen molar-refractivity contribution in [1.29, 1.82) is 0 Å². The summed E-state index contributed by atoms with van der Waals surface area (Å²) in [5, 5.41) is 3.09. The van der Waals surface area contributed by atoms with Crippen LogP contribution in [-0.4, -0.2) is 12.4 Å². The lowest BCUT2D eigenvalue weighted by atomic mass is 9.89. The molecule has 1 N–H and O–H groups in total. The Morgan fingerprint density at radius 1 is 1.38 bits per heavy atom. The van der Waals surface area contributed by atoms with Crippen LogP contribution in [0.15, 0.2) is 18.2 Å². The molecule has 1 aliphatic carbocycles. The zero-order valence-corrected chi connectivity index (χ0v) is 12.0. The first kappa shape index (κ1) is 14.6. The first-order valence-electron chi connectivity index (χ1n) is 6.65. The summed E-state index contributed by atoms with van der Waals surface area (Å²) in [5.74, 6) is 5.09. The van der Waals surface area contributed by atoms with E-state index in [1.807, 2.05) is 0 Å². The van der Waals surface area contributed by atoms with Crippen molar-refractivity contribution in [2.45, 2.75) is 37.8 Å². The third-order valence-corrected chi connectivity index (χ3v) is 3.74. The number of rotatable bonds is 0. The van der Waals surface area contributed by atoms with Gasteiger partial charge in [0.1, 0.15) is 6.23 Å². The van der Waals surface area contributed by atoms with Crippen LogP contribution < -0.4 is 5.32 Å². The van der Waals surface area contributed by atoms with Gasteiger partial charge in [-0.05, 0) is 38.0 Å². The van der Waals surface area contributed by atoms with Crippen LogP contribution >= 0.6 is 11.6 Å². The van der Waals surface area contributed by atoms with Crippen LogP contribution in [0.3, 0.4) is 0 Å². The summed E-state index contributed by atoms with van der Waals surface area (Å²) in [6.45, 7) is 1.52. The van der Waals surface area contributed by atoms with Gasteiger partial charge in [-0.25, -0.2) is 0 Å². The summed E-state index contributed by atoms with van der Waals surface area (Å²) in [7, 11) is 0. The first-order valence-corrected chi connectivity index (χ1v) is 7.03. The lowest BCUT2D eigenvalue weighted by Gasteiger charge is -2.40. The highest BCUT2D eigenvalue weighted by atomic mass is 35.5. The van der Waals surface area contributed by atoms with Gasteiger partial charge in [0.15, 0.2) is 0 Å². The third-order valence-electron chi connectivity index (χ3n) is 3.50. The quantitative estimate of drug-likeness (QED) is 0.721. The topological polar surface area (TPSA) is 21.3 Å². The van der Waals surface area contributed by atoms with Gasteiger partial charge in [0.2, 0.25) is 0 Å². The van der Waals surface area contributed by atoms with E-state index in [2.05, 4.69) is 17.2 Å². The predicted molar refractivity (Wildman–Crippen MR) is 73.9 cm³/mol. The molecule has 0 radical (unpaired) electrons. The van der Waals surface area contributed by atoms with E-state index in [-0.39, 0.29) is 16.5 Å². The first-order chi connectivity index (χ1) is 9.82. The maximum atomic E-state index is 13.8. The molecule has 1 heterocycles. The molecular formula is C15H13ClF3NO. The van der Waals surface area contributed by atoms with Crippen molar-refractivity contribution >= 4 is 17.3 Å². The standard InChI is InChI=1S/C15H13ClF3NO/c1-9-20-13-5-4-11(16)8-12(13)14(21-9,15(17,18)19)7-6-10-2-3-10/h4-5,8-10,20H,2-3H2,1H3/t9-,14+/m1/s1. The van der Waals surface area contributed by atoms with Crippen molar-refractivity contribution in [3.05, 3.63) is 28.8 Å². The zero-order valence-electron chi connectivity index (χ0n) is 11.2. The Bertz CT molecular complexity index is 630. The molecule has 0 amide bonds. The van der Waals surface area contributed by atoms with E-state index in [9.17, 15) is 13.2 Å². The number of nitrogens with one attached hydrogen (secondary N) is 1. The highest BCUT2D eigenvalue weighted by Crippen LogP contribution is 2.48.